The van der Waals surface area contributed by atoms with E-state index in [4.69, 9.17) is 18.5 Å². The van der Waals surface area contributed by atoms with Crippen LogP contribution in [0.15, 0.2) is 16.5 Å². The van der Waals surface area contributed by atoms with Gasteiger partial charge in [-0.15, -0.1) is 0 Å². The van der Waals surface area contributed by atoms with Gasteiger partial charge in [0.1, 0.15) is 28.3 Å². The molecule has 10 heteroatoms. The number of furan rings is 1. The number of amides is 1. The summed E-state index contributed by atoms with van der Waals surface area (Å²) in [7, 11) is -0.970. The van der Waals surface area contributed by atoms with Gasteiger partial charge in [-0.3, -0.25) is 0 Å². The molecule has 1 aliphatic rings. The van der Waals surface area contributed by atoms with Gasteiger partial charge in [0.15, 0.2) is 0 Å². The Morgan fingerprint density at radius 3 is 2.22 bits per heavy atom. The van der Waals surface area contributed by atoms with Crippen LogP contribution in [-0.2, 0) is 14.0 Å². The van der Waals surface area contributed by atoms with Crippen LogP contribution in [-0.4, -0.2) is 41.1 Å². The number of hydrogen-bond donors (Lipinski definition) is 2. The van der Waals surface area contributed by atoms with Gasteiger partial charge < -0.3 is 28.9 Å². The molecule has 0 bridgehead atoms. The van der Waals surface area contributed by atoms with Crippen LogP contribution in [0.3, 0.4) is 0 Å². The molecular weight excluding hydrogens is 420 g/mol. The Labute approximate surface area is 186 Å². The smallest absolute Gasteiger partial charge is 0.478 e. The number of aromatic carboxylic acids is 1. The fraction of sp³-hybridized carbons (Fsp3) is 0.545. The molecule has 1 unspecified atom stereocenters. The highest BCUT2D eigenvalue weighted by Gasteiger charge is 2.53. The van der Waals surface area contributed by atoms with Crippen molar-refractivity contribution < 1.29 is 37.5 Å². The third-order valence-electron chi connectivity index (χ3n) is 5.67. The van der Waals surface area contributed by atoms with Crippen molar-refractivity contribution in [1.82, 2.24) is 5.32 Å². The Hall–Kier alpha value is -2.59. The molecule has 2 heterocycles. The Bertz CT molecular complexity index is 1050. The second-order valence-corrected chi connectivity index (χ2v) is 9.97. The van der Waals surface area contributed by atoms with Crippen LogP contribution in [0, 0.1) is 5.82 Å². The number of carboxylic acid groups (broad SMARTS) is 1. The lowest BCUT2D eigenvalue weighted by molar-refractivity contribution is 0.00578. The quantitative estimate of drug-likeness (QED) is 0.676. The van der Waals surface area contributed by atoms with Gasteiger partial charge in [-0.25, -0.2) is 14.0 Å². The van der Waals surface area contributed by atoms with E-state index in [1.165, 1.54) is 6.07 Å². The highest BCUT2D eigenvalue weighted by atomic mass is 19.1. The van der Waals surface area contributed by atoms with Crippen molar-refractivity contribution in [3.63, 3.8) is 0 Å². The van der Waals surface area contributed by atoms with Crippen LogP contribution in [0.4, 0.5) is 9.18 Å². The summed E-state index contributed by atoms with van der Waals surface area (Å²) in [4.78, 5) is 24.1. The third-order valence-corrected chi connectivity index (χ3v) is 5.67. The molecule has 1 aromatic carbocycles. The van der Waals surface area contributed by atoms with Crippen molar-refractivity contribution >= 4 is 35.6 Å². The van der Waals surface area contributed by atoms with E-state index < -0.39 is 47.8 Å². The fourth-order valence-corrected chi connectivity index (χ4v) is 3.44. The van der Waals surface area contributed by atoms with E-state index in [-0.39, 0.29) is 22.3 Å². The number of alkyl carbamates (subject to hydrolysis) is 1. The number of benzene rings is 1. The first kappa shape index (κ1) is 24.1. The molecule has 1 aromatic heterocycles. The molecule has 1 saturated heterocycles. The lowest BCUT2D eigenvalue weighted by Gasteiger charge is -2.32. The van der Waals surface area contributed by atoms with Crippen LogP contribution < -0.4 is 10.8 Å². The summed E-state index contributed by atoms with van der Waals surface area (Å²) in [6.45, 7) is 14.3. The van der Waals surface area contributed by atoms with Crippen molar-refractivity contribution in [1.29, 1.82) is 0 Å². The van der Waals surface area contributed by atoms with Crippen molar-refractivity contribution in [2.24, 2.45) is 0 Å². The lowest BCUT2D eigenvalue weighted by Crippen LogP contribution is -2.41. The number of carbonyl (C=O) groups is 2. The van der Waals surface area contributed by atoms with E-state index in [2.05, 4.69) is 5.32 Å². The predicted molar refractivity (Wildman–Crippen MR) is 117 cm³/mol. The molecule has 2 N–H and O–H groups in total. The van der Waals surface area contributed by atoms with Crippen LogP contribution >= 0.6 is 0 Å². The maximum absolute atomic E-state index is 14.4. The first-order chi connectivity index (χ1) is 14.5. The number of rotatable bonds is 4. The molecule has 0 spiro atoms. The topological polar surface area (TPSA) is 107 Å². The molecule has 0 radical (unpaired) electrons. The van der Waals surface area contributed by atoms with E-state index in [9.17, 15) is 19.1 Å². The SMILES string of the molecule is CC(NC(=O)OC(C)(C)C)c1oc2c(C(=O)O)cc(F)cc2c1B1OC(C)(C)C(C)(C)O1. The molecule has 1 aliphatic heterocycles. The molecular formula is C22H29BFNO7. The molecule has 8 nitrogen and oxygen atoms in total. The van der Waals surface area contributed by atoms with Gasteiger partial charge in [-0.1, -0.05) is 0 Å². The molecule has 0 saturated carbocycles. The fourth-order valence-electron chi connectivity index (χ4n) is 3.44. The number of nitrogens with one attached hydrogen (secondary N) is 1. The Morgan fingerprint density at radius 1 is 1.16 bits per heavy atom. The summed E-state index contributed by atoms with van der Waals surface area (Å²) in [6, 6.07) is 1.31. The van der Waals surface area contributed by atoms with Gasteiger partial charge >= 0.3 is 19.2 Å². The second-order valence-electron chi connectivity index (χ2n) is 9.97. The second kappa shape index (κ2) is 7.77. The van der Waals surface area contributed by atoms with Crippen molar-refractivity contribution in [3.8, 4) is 0 Å². The Morgan fingerprint density at radius 2 is 1.72 bits per heavy atom. The van der Waals surface area contributed by atoms with E-state index in [1.54, 1.807) is 27.7 Å². The zero-order chi connectivity index (χ0) is 24.2. The van der Waals surface area contributed by atoms with Crippen LogP contribution in [0.1, 0.15) is 77.5 Å². The molecule has 32 heavy (non-hydrogen) atoms. The number of ether oxygens (including phenoxy) is 1. The lowest BCUT2D eigenvalue weighted by atomic mass is 9.75. The summed E-state index contributed by atoms with van der Waals surface area (Å²) in [5.74, 6) is -1.90. The molecule has 1 atom stereocenters. The highest BCUT2D eigenvalue weighted by molar-refractivity contribution is 6.65. The van der Waals surface area contributed by atoms with Gasteiger partial charge in [0.25, 0.3) is 0 Å². The number of halogens is 1. The number of fused-ring (bicyclic) bond motifs is 1. The van der Waals surface area contributed by atoms with Gasteiger partial charge in [0, 0.05) is 10.8 Å². The zero-order valence-corrected chi connectivity index (χ0v) is 19.6. The Kier molecular flexibility index (Phi) is 5.85. The molecule has 0 aliphatic carbocycles. The third kappa shape index (κ3) is 4.47. The van der Waals surface area contributed by atoms with E-state index in [1.807, 2.05) is 27.7 Å². The first-order valence-corrected chi connectivity index (χ1v) is 10.4. The standard InChI is InChI=1S/C22H29BFNO7/c1-11(25-19(28)30-20(2,3)4)16-15(23-31-21(5,6)22(7,8)32-23)13-9-12(24)10-14(18(26)27)17(13)29-16/h9-11H,1-8H3,(H,25,28)(H,26,27). The monoisotopic (exact) mass is 449 g/mol. The molecule has 2 aromatic rings. The average Bonchev–Trinajstić information content (AvgIpc) is 3.06. The Balaban J connectivity index is 2.15. The largest absolute Gasteiger partial charge is 0.499 e. The summed E-state index contributed by atoms with van der Waals surface area (Å²) in [5, 5.41) is 12.4. The zero-order valence-electron chi connectivity index (χ0n) is 19.6. The van der Waals surface area contributed by atoms with Gasteiger partial charge in [0.05, 0.1) is 17.2 Å². The molecule has 1 fully saturated rings. The molecule has 174 valence electrons. The molecule has 3 rings (SSSR count). The maximum Gasteiger partial charge on any atom is 0.499 e. The minimum absolute atomic E-state index is 0.0311. The minimum Gasteiger partial charge on any atom is -0.478 e. The van der Waals surface area contributed by atoms with Crippen LogP contribution in [0.2, 0.25) is 0 Å². The molecule has 1 amide bonds. The minimum atomic E-state index is -1.34. The van der Waals surface area contributed by atoms with Gasteiger partial charge in [-0.05, 0) is 67.5 Å². The van der Waals surface area contributed by atoms with Crippen molar-refractivity contribution in [3.05, 3.63) is 29.3 Å². The van der Waals surface area contributed by atoms with E-state index >= 15 is 0 Å². The maximum atomic E-state index is 14.4. The van der Waals surface area contributed by atoms with Gasteiger partial charge in [-0.2, -0.15) is 0 Å². The summed E-state index contributed by atoms with van der Waals surface area (Å²) in [5.41, 5.74) is -2.17. The summed E-state index contributed by atoms with van der Waals surface area (Å²) >= 11 is 0. The average molecular weight is 449 g/mol. The first-order valence-electron chi connectivity index (χ1n) is 10.4. The van der Waals surface area contributed by atoms with Crippen molar-refractivity contribution in [2.45, 2.75) is 78.2 Å². The van der Waals surface area contributed by atoms with Crippen LogP contribution in [0.5, 0.6) is 0 Å². The normalized spacial score (nSPS) is 18.6. The number of carbonyl (C=O) groups excluding carboxylic acids is 1. The number of hydrogen-bond acceptors (Lipinski definition) is 6. The van der Waals surface area contributed by atoms with Gasteiger partial charge in [0.2, 0.25) is 0 Å². The summed E-state index contributed by atoms with van der Waals surface area (Å²) < 4.78 is 37.9. The van der Waals surface area contributed by atoms with Crippen molar-refractivity contribution in [2.75, 3.05) is 0 Å². The predicted octanol–water partition coefficient (Wildman–Crippen LogP) is 4.16. The summed E-state index contributed by atoms with van der Waals surface area (Å²) in [6.07, 6.45) is -0.685. The number of carboxylic acids is 1. The highest BCUT2D eigenvalue weighted by Crippen LogP contribution is 2.38. The van der Waals surface area contributed by atoms with Crippen LogP contribution in [0.25, 0.3) is 11.0 Å². The van der Waals surface area contributed by atoms with E-state index in [0.717, 1.165) is 6.07 Å². The van der Waals surface area contributed by atoms with E-state index in [0.29, 0.717) is 5.46 Å².